The summed E-state index contributed by atoms with van der Waals surface area (Å²) in [5.41, 5.74) is 0.0200. The van der Waals surface area contributed by atoms with Gasteiger partial charge in [0.25, 0.3) is 5.91 Å². The molecule has 0 atom stereocenters. The van der Waals surface area contributed by atoms with Crippen molar-refractivity contribution in [3.05, 3.63) is 21.9 Å². The largest absolute Gasteiger partial charge is 0.337 e. The van der Waals surface area contributed by atoms with E-state index in [0.29, 0.717) is 0 Å². The fourth-order valence-corrected chi connectivity index (χ4v) is 1.52. The van der Waals surface area contributed by atoms with Gasteiger partial charge >= 0.3 is 0 Å². The van der Waals surface area contributed by atoms with Crippen molar-refractivity contribution in [1.29, 1.82) is 0 Å². The molecule has 1 amide bonds. The molecule has 0 fully saturated rings. The van der Waals surface area contributed by atoms with Crippen LogP contribution in [0.5, 0.6) is 0 Å². The molecule has 0 bridgehead atoms. The Balaban J connectivity index is 3.08. The molecule has 0 N–H and O–H groups in total. The van der Waals surface area contributed by atoms with Gasteiger partial charge in [0.05, 0.1) is 5.56 Å². The third-order valence-electron chi connectivity index (χ3n) is 3.03. The molecular weight excluding hydrogens is 261 g/mol. The van der Waals surface area contributed by atoms with Crippen molar-refractivity contribution < 1.29 is 4.79 Å². The summed E-state index contributed by atoms with van der Waals surface area (Å²) in [6, 6.07) is 1.43. The molecule has 4 nitrogen and oxygen atoms in total. The van der Waals surface area contributed by atoms with Crippen molar-refractivity contribution in [3.8, 4) is 0 Å². The predicted molar refractivity (Wildman–Crippen MR) is 68.5 cm³/mol. The lowest BCUT2D eigenvalue weighted by Gasteiger charge is -2.34. The third kappa shape index (κ3) is 3.07. The van der Waals surface area contributed by atoms with Gasteiger partial charge in [-0.3, -0.25) is 4.79 Å². The monoisotopic (exact) mass is 275 g/mol. The molecule has 0 spiro atoms. The number of aromatic nitrogens is 2. The highest BCUT2D eigenvalue weighted by Crippen LogP contribution is 2.23. The number of hydrogen-bond donors (Lipinski definition) is 0. The Morgan fingerprint density at radius 3 is 2.53 bits per heavy atom. The molecular formula is C11H15Cl2N3O. The van der Waals surface area contributed by atoms with Crippen molar-refractivity contribution in [2.45, 2.75) is 32.7 Å². The van der Waals surface area contributed by atoms with Crippen LogP contribution in [0.25, 0.3) is 0 Å². The number of rotatable bonds is 3. The summed E-state index contributed by atoms with van der Waals surface area (Å²) < 4.78 is 0. The van der Waals surface area contributed by atoms with Gasteiger partial charge in [0.2, 0.25) is 0 Å². The molecule has 0 saturated heterocycles. The number of halogens is 2. The highest BCUT2D eigenvalue weighted by Gasteiger charge is 2.28. The van der Waals surface area contributed by atoms with E-state index in [0.717, 1.165) is 6.42 Å². The van der Waals surface area contributed by atoms with E-state index in [1.807, 2.05) is 20.8 Å². The van der Waals surface area contributed by atoms with Crippen molar-refractivity contribution in [1.82, 2.24) is 15.1 Å². The van der Waals surface area contributed by atoms with Crippen LogP contribution in [-0.2, 0) is 0 Å². The van der Waals surface area contributed by atoms with Crippen LogP contribution in [0.15, 0.2) is 6.07 Å². The first-order valence-electron chi connectivity index (χ1n) is 5.26. The van der Waals surface area contributed by atoms with Crippen molar-refractivity contribution in [2.75, 3.05) is 7.05 Å². The number of carbonyl (C=O) groups is 1. The lowest BCUT2D eigenvalue weighted by Crippen LogP contribution is -2.44. The van der Waals surface area contributed by atoms with Crippen LogP contribution in [0.3, 0.4) is 0 Å². The van der Waals surface area contributed by atoms with E-state index in [1.165, 1.54) is 6.07 Å². The maximum atomic E-state index is 12.2. The van der Waals surface area contributed by atoms with Crippen molar-refractivity contribution >= 4 is 29.1 Å². The van der Waals surface area contributed by atoms with E-state index < -0.39 is 0 Å². The first kappa shape index (κ1) is 14.2. The standard InChI is InChI=1S/C11H15Cl2N3O/c1-5-11(2,3)16(4)10(17)7-6-8(12)14-15-9(7)13/h6H,5H2,1-4H3. The van der Waals surface area contributed by atoms with Gasteiger partial charge in [0.1, 0.15) is 0 Å². The topological polar surface area (TPSA) is 46.1 Å². The summed E-state index contributed by atoms with van der Waals surface area (Å²) in [6.07, 6.45) is 0.832. The molecule has 0 saturated carbocycles. The van der Waals surface area contributed by atoms with Gasteiger partial charge in [-0.1, -0.05) is 30.1 Å². The summed E-state index contributed by atoms with van der Waals surface area (Å²) in [5, 5.41) is 7.42. The second-order valence-corrected chi connectivity index (χ2v) is 5.15. The molecule has 0 aliphatic carbocycles. The SMILES string of the molecule is CCC(C)(C)N(C)C(=O)c1cc(Cl)nnc1Cl. The molecule has 1 aromatic rings. The fraction of sp³-hybridized carbons (Fsp3) is 0.545. The van der Waals surface area contributed by atoms with Crippen LogP contribution in [-0.4, -0.2) is 33.6 Å². The smallest absolute Gasteiger partial charge is 0.257 e. The van der Waals surface area contributed by atoms with Crippen LogP contribution < -0.4 is 0 Å². The summed E-state index contributed by atoms with van der Waals surface area (Å²) in [7, 11) is 1.73. The van der Waals surface area contributed by atoms with E-state index in [4.69, 9.17) is 23.2 Å². The second-order valence-electron chi connectivity index (χ2n) is 4.40. The summed E-state index contributed by atoms with van der Waals surface area (Å²) >= 11 is 11.6. The van der Waals surface area contributed by atoms with E-state index >= 15 is 0 Å². The summed E-state index contributed by atoms with van der Waals surface area (Å²) in [5.74, 6) is -0.210. The molecule has 1 rings (SSSR count). The van der Waals surface area contributed by atoms with E-state index in [-0.39, 0.29) is 27.3 Å². The fourth-order valence-electron chi connectivity index (χ4n) is 1.20. The average Bonchev–Trinajstić information content (AvgIpc) is 2.30. The normalized spacial score (nSPS) is 11.4. The summed E-state index contributed by atoms with van der Waals surface area (Å²) in [6.45, 7) is 5.98. The first-order chi connectivity index (χ1) is 7.79. The Bertz CT molecular complexity index is 435. The Hall–Kier alpha value is -0.870. The number of amides is 1. The Labute approximate surface area is 111 Å². The lowest BCUT2D eigenvalue weighted by atomic mass is 9.99. The van der Waals surface area contributed by atoms with Gasteiger partial charge in [0, 0.05) is 12.6 Å². The number of nitrogens with zero attached hydrogens (tertiary/aromatic N) is 3. The van der Waals surface area contributed by atoms with Crippen LogP contribution in [0.2, 0.25) is 10.3 Å². The van der Waals surface area contributed by atoms with Gasteiger partial charge in [0.15, 0.2) is 10.3 Å². The molecule has 0 radical (unpaired) electrons. The maximum absolute atomic E-state index is 12.2. The molecule has 17 heavy (non-hydrogen) atoms. The zero-order chi connectivity index (χ0) is 13.2. The average molecular weight is 276 g/mol. The van der Waals surface area contributed by atoms with Gasteiger partial charge in [-0.2, -0.15) is 0 Å². The molecule has 0 aliphatic heterocycles. The molecule has 0 unspecified atom stereocenters. The predicted octanol–water partition coefficient (Wildman–Crippen LogP) is 3.04. The highest BCUT2D eigenvalue weighted by atomic mass is 35.5. The summed E-state index contributed by atoms with van der Waals surface area (Å²) in [4.78, 5) is 13.9. The zero-order valence-electron chi connectivity index (χ0n) is 10.3. The molecule has 6 heteroatoms. The van der Waals surface area contributed by atoms with Gasteiger partial charge in [-0.25, -0.2) is 0 Å². The lowest BCUT2D eigenvalue weighted by molar-refractivity contribution is 0.0620. The molecule has 0 aliphatic rings. The maximum Gasteiger partial charge on any atom is 0.257 e. The minimum Gasteiger partial charge on any atom is -0.337 e. The van der Waals surface area contributed by atoms with Gasteiger partial charge < -0.3 is 4.90 Å². The van der Waals surface area contributed by atoms with Crippen molar-refractivity contribution in [2.24, 2.45) is 0 Å². The van der Waals surface area contributed by atoms with Crippen LogP contribution in [0, 0.1) is 0 Å². The van der Waals surface area contributed by atoms with Gasteiger partial charge in [-0.15, -0.1) is 10.2 Å². The Morgan fingerprint density at radius 1 is 1.41 bits per heavy atom. The van der Waals surface area contributed by atoms with E-state index in [1.54, 1.807) is 11.9 Å². The zero-order valence-corrected chi connectivity index (χ0v) is 11.8. The first-order valence-corrected chi connectivity index (χ1v) is 6.02. The van der Waals surface area contributed by atoms with Crippen LogP contribution in [0.1, 0.15) is 37.6 Å². The molecule has 0 aromatic carbocycles. The van der Waals surface area contributed by atoms with Crippen LogP contribution >= 0.6 is 23.2 Å². The highest BCUT2D eigenvalue weighted by molar-refractivity contribution is 6.34. The Morgan fingerprint density at radius 2 is 2.00 bits per heavy atom. The molecule has 1 aromatic heterocycles. The van der Waals surface area contributed by atoms with Crippen molar-refractivity contribution in [3.63, 3.8) is 0 Å². The van der Waals surface area contributed by atoms with E-state index in [9.17, 15) is 4.79 Å². The number of carbonyl (C=O) groups excluding carboxylic acids is 1. The Kier molecular flexibility index (Phi) is 4.33. The van der Waals surface area contributed by atoms with E-state index in [2.05, 4.69) is 10.2 Å². The van der Waals surface area contributed by atoms with Gasteiger partial charge in [-0.05, 0) is 26.3 Å². The third-order valence-corrected chi connectivity index (χ3v) is 3.49. The minimum atomic E-state index is -0.254. The minimum absolute atomic E-state index is 0.0677. The number of hydrogen-bond acceptors (Lipinski definition) is 3. The van der Waals surface area contributed by atoms with Crippen LogP contribution in [0.4, 0.5) is 0 Å². The molecule has 1 heterocycles. The quantitative estimate of drug-likeness (QED) is 0.852. The second kappa shape index (κ2) is 5.19. The molecule has 94 valence electrons.